The molecule has 0 atom stereocenters. The maximum absolute atomic E-state index is 13.0. The smallest absolute Gasteiger partial charge is 0.259 e. The van der Waals surface area contributed by atoms with Gasteiger partial charge in [-0.2, -0.15) is 0 Å². The van der Waals surface area contributed by atoms with E-state index in [9.17, 15) is 4.79 Å². The Morgan fingerprint density at radius 2 is 2.04 bits per heavy atom. The minimum atomic E-state index is -0.0356. The van der Waals surface area contributed by atoms with Gasteiger partial charge in [0.2, 0.25) is 0 Å². The van der Waals surface area contributed by atoms with Gasteiger partial charge in [-0.15, -0.1) is 0 Å². The summed E-state index contributed by atoms with van der Waals surface area (Å²) < 4.78 is 5.34. The van der Waals surface area contributed by atoms with Gasteiger partial charge in [0.1, 0.15) is 11.6 Å². The highest BCUT2D eigenvalue weighted by atomic mass is 35.5. The molecule has 28 heavy (non-hydrogen) atoms. The van der Waals surface area contributed by atoms with Crippen LogP contribution in [0.1, 0.15) is 22.3 Å². The van der Waals surface area contributed by atoms with E-state index in [1.54, 1.807) is 43.6 Å². The number of nitrogens with one attached hydrogen (secondary N) is 1. The number of rotatable bonds is 4. The molecule has 3 aromatic rings. The summed E-state index contributed by atoms with van der Waals surface area (Å²) in [5.74, 6) is 1.24. The first-order valence-electron chi connectivity index (χ1n) is 9.12. The Labute approximate surface area is 168 Å². The van der Waals surface area contributed by atoms with Gasteiger partial charge >= 0.3 is 0 Å². The molecule has 4 rings (SSSR count). The second kappa shape index (κ2) is 7.90. The number of halogens is 1. The van der Waals surface area contributed by atoms with Crippen LogP contribution < -0.4 is 15.0 Å². The van der Waals surface area contributed by atoms with Crippen molar-refractivity contribution in [3.05, 3.63) is 76.9 Å². The molecule has 0 fully saturated rings. The lowest BCUT2D eigenvalue weighted by molar-refractivity contribution is 0.0985. The summed E-state index contributed by atoms with van der Waals surface area (Å²) in [6, 6.07) is 16.9. The number of benzene rings is 2. The molecule has 2 aromatic carbocycles. The lowest BCUT2D eigenvalue weighted by Gasteiger charge is -2.29. The van der Waals surface area contributed by atoms with Crippen LogP contribution >= 0.6 is 11.6 Å². The van der Waals surface area contributed by atoms with Gasteiger partial charge < -0.3 is 15.0 Å². The number of methoxy groups -OCH3 is 1. The molecule has 1 amide bonds. The number of aryl methyl sites for hydroxylation is 1. The molecule has 2 heterocycles. The Hall–Kier alpha value is -3.05. The number of para-hydroxylation sites is 1. The van der Waals surface area contributed by atoms with Crippen LogP contribution in [0.3, 0.4) is 0 Å². The average molecular weight is 394 g/mol. The molecule has 1 aliphatic rings. The first-order chi connectivity index (χ1) is 13.7. The summed E-state index contributed by atoms with van der Waals surface area (Å²) in [7, 11) is 1.60. The topological polar surface area (TPSA) is 54.5 Å². The largest absolute Gasteiger partial charge is 0.495 e. The Balaban J connectivity index is 1.54. The van der Waals surface area contributed by atoms with Crippen LogP contribution in [0.5, 0.6) is 5.75 Å². The lowest BCUT2D eigenvalue weighted by atomic mass is 10.0. The summed E-state index contributed by atoms with van der Waals surface area (Å²) in [6.45, 7) is 0.718. The SMILES string of the molecule is COc1ccc(Cl)cc1Nc1ccc(C(=O)N2CCCc3ccccc32)cn1. The molecule has 0 saturated heterocycles. The standard InChI is InChI=1S/C22H20ClN3O2/c1-28-20-10-9-17(23)13-18(20)25-21-11-8-16(14-24-21)22(27)26-12-4-6-15-5-2-3-7-19(15)26/h2-3,5,7-11,13-14H,4,6,12H2,1H3,(H,24,25). The summed E-state index contributed by atoms with van der Waals surface area (Å²) in [6.07, 6.45) is 3.56. The first-order valence-corrected chi connectivity index (χ1v) is 9.50. The van der Waals surface area contributed by atoms with Crippen molar-refractivity contribution in [2.75, 3.05) is 23.9 Å². The van der Waals surface area contributed by atoms with E-state index in [1.807, 2.05) is 23.1 Å². The number of hydrogen-bond donors (Lipinski definition) is 1. The molecular formula is C22H20ClN3O2. The monoisotopic (exact) mass is 393 g/mol. The van der Waals surface area contributed by atoms with Gasteiger partial charge in [-0.05, 0) is 54.8 Å². The summed E-state index contributed by atoms with van der Waals surface area (Å²) >= 11 is 6.07. The van der Waals surface area contributed by atoms with Gasteiger partial charge in [-0.3, -0.25) is 4.79 Å². The number of amides is 1. The highest BCUT2D eigenvalue weighted by Gasteiger charge is 2.23. The normalized spacial score (nSPS) is 13.0. The average Bonchev–Trinajstić information content (AvgIpc) is 2.73. The quantitative estimate of drug-likeness (QED) is 0.671. The highest BCUT2D eigenvalue weighted by molar-refractivity contribution is 6.31. The number of fused-ring (bicyclic) bond motifs is 1. The Kier molecular flexibility index (Phi) is 5.17. The minimum absolute atomic E-state index is 0.0356. The number of pyridine rings is 1. The molecule has 1 aromatic heterocycles. The maximum atomic E-state index is 13.0. The summed E-state index contributed by atoms with van der Waals surface area (Å²) in [5, 5.41) is 3.78. The molecule has 0 bridgehead atoms. The van der Waals surface area contributed by atoms with Crippen molar-refractivity contribution in [3.63, 3.8) is 0 Å². The molecule has 0 radical (unpaired) electrons. The van der Waals surface area contributed by atoms with Crippen molar-refractivity contribution in [1.29, 1.82) is 0 Å². The van der Waals surface area contributed by atoms with Crippen LogP contribution in [0, 0.1) is 0 Å². The van der Waals surface area contributed by atoms with Gasteiger partial charge in [0, 0.05) is 23.5 Å². The Morgan fingerprint density at radius 1 is 1.18 bits per heavy atom. The zero-order chi connectivity index (χ0) is 19.5. The Morgan fingerprint density at radius 3 is 2.82 bits per heavy atom. The predicted molar refractivity (Wildman–Crippen MR) is 112 cm³/mol. The van der Waals surface area contributed by atoms with Crippen LogP contribution in [0.4, 0.5) is 17.2 Å². The zero-order valence-corrected chi connectivity index (χ0v) is 16.2. The second-order valence-corrected chi connectivity index (χ2v) is 7.03. The number of carbonyl (C=O) groups excluding carboxylic acids is 1. The Bertz CT molecular complexity index is 1000. The molecule has 142 valence electrons. The number of anilines is 3. The second-order valence-electron chi connectivity index (χ2n) is 6.59. The number of nitrogens with zero attached hydrogens (tertiary/aromatic N) is 2. The molecule has 0 saturated carbocycles. The van der Waals surface area contributed by atoms with E-state index in [1.165, 1.54) is 5.56 Å². The molecule has 1 aliphatic heterocycles. The van der Waals surface area contributed by atoms with Crippen LogP contribution in [0.15, 0.2) is 60.8 Å². The fourth-order valence-electron chi connectivity index (χ4n) is 3.41. The molecule has 0 unspecified atom stereocenters. The lowest BCUT2D eigenvalue weighted by Crippen LogP contribution is -2.35. The number of ether oxygens (including phenoxy) is 1. The third kappa shape index (κ3) is 3.66. The predicted octanol–water partition coefficient (Wildman–Crippen LogP) is 5.08. The third-order valence-corrected chi connectivity index (χ3v) is 5.03. The van der Waals surface area contributed by atoms with E-state index in [0.29, 0.717) is 27.8 Å². The van der Waals surface area contributed by atoms with E-state index < -0.39 is 0 Å². The number of aromatic nitrogens is 1. The van der Waals surface area contributed by atoms with Crippen molar-refractivity contribution in [2.24, 2.45) is 0 Å². The van der Waals surface area contributed by atoms with Gasteiger partial charge in [0.25, 0.3) is 5.91 Å². The van der Waals surface area contributed by atoms with Crippen LogP contribution in [-0.4, -0.2) is 24.5 Å². The third-order valence-electron chi connectivity index (χ3n) is 4.79. The van der Waals surface area contributed by atoms with Crippen molar-refractivity contribution in [1.82, 2.24) is 4.98 Å². The molecular weight excluding hydrogens is 374 g/mol. The first kappa shape index (κ1) is 18.3. The molecule has 1 N–H and O–H groups in total. The molecule has 5 nitrogen and oxygen atoms in total. The van der Waals surface area contributed by atoms with E-state index in [4.69, 9.17) is 16.3 Å². The molecule has 0 spiro atoms. The summed E-state index contributed by atoms with van der Waals surface area (Å²) in [5.41, 5.74) is 3.47. The van der Waals surface area contributed by atoms with Gasteiger partial charge in [0.05, 0.1) is 18.4 Å². The summed E-state index contributed by atoms with van der Waals surface area (Å²) in [4.78, 5) is 19.2. The number of hydrogen-bond acceptors (Lipinski definition) is 4. The van der Waals surface area contributed by atoms with E-state index in [0.717, 1.165) is 25.1 Å². The van der Waals surface area contributed by atoms with Crippen molar-refractivity contribution in [2.45, 2.75) is 12.8 Å². The van der Waals surface area contributed by atoms with E-state index >= 15 is 0 Å². The number of carbonyl (C=O) groups is 1. The minimum Gasteiger partial charge on any atom is -0.495 e. The van der Waals surface area contributed by atoms with Gasteiger partial charge in [-0.25, -0.2) is 4.98 Å². The fraction of sp³-hybridized carbons (Fsp3) is 0.182. The maximum Gasteiger partial charge on any atom is 0.259 e. The van der Waals surface area contributed by atoms with Crippen molar-refractivity contribution in [3.8, 4) is 5.75 Å². The van der Waals surface area contributed by atoms with Gasteiger partial charge in [0.15, 0.2) is 0 Å². The van der Waals surface area contributed by atoms with Crippen LogP contribution in [0.25, 0.3) is 0 Å². The van der Waals surface area contributed by atoms with Crippen molar-refractivity contribution >= 4 is 34.7 Å². The van der Waals surface area contributed by atoms with Crippen LogP contribution in [0.2, 0.25) is 5.02 Å². The fourth-order valence-corrected chi connectivity index (χ4v) is 3.58. The highest BCUT2D eigenvalue weighted by Crippen LogP contribution is 2.31. The van der Waals surface area contributed by atoms with Crippen LogP contribution in [-0.2, 0) is 6.42 Å². The zero-order valence-electron chi connectivity index (χ0n) is 15.5. The van der Waals surface area contributed by atoms with Crippen molar-refractivity contribution < 1.29 is 9.53 Å². The molecule has 0 aliphatic carbocycles. The van der Waals surface area contributed by atoms with E-state index in [2.05, 4.69) is 16.4 Å². The van der Waals surface area contributed by atoms with Gasteiger partial charge in [-0.1, -0.05) is 29.8 Å². The molecule has 6 heteroatoms. The van der Waals surface area contributed by atoms with E-state index in [-0.39, 0.29) is 5.91 Å².